The topological polar surface area (TPSA) is 75.8 Å². The van der Waals surface area contributed by atoms with Gasteiger partial charge in [-0.3, -0.25) is 0 Å². The number of ether oxygens (including phenoxy) is 4. The molecular weight excluding hydrogens is 364 g/mol. The SMILES string of the molecule is COc1cc(-c2cc(N)sn2)cc2c1O[C@@H](c1ccc3c(c1)OCO3)[C@@H]2C. The van der Waals surface area contributed by atoms with Crippen LogP contribution in [0.5, 0.6) is 23.0 Å². The van der Waals surface area contributed by atoms with Gasteiger partial charge < -0.3 is 24.7 Å². The largest absolute Gasteiger partial charge is 0.493 e. The Morgan fingerprint density at radius 2 is 2.00 bits per heavy atom. The fourth-order valence-corrected chi connectivity index (χ4v) is 4.18. The Hall–Kier alpha value is -2.93. The lowest BCUT2D eigenvalue weighted by atomic mass is 9.91. The molecule has 0 saturated carbocycles. The molecule has 5 rings (SSSR count). The van der Waals surface area contributed by atoms with E-state index in [0.717, 1.165) is 39.6 Å². The first-order valence-corrected chi connectivity index (χ1v) is 9.42. The summed E-state index contributed by atoms with van der Waals surface area (Å²) in [5.74, 6) is 3.14. The molecule has 27 heavy (non-hydrogen) atoms. The van der Waals surface area contributed by atoms with Gasteiger partial charge >= 0.3 is 0 Å². The predicted molar refractivity (Wildman–Crippen MR) is 103 cm³/mol. The van der Waals surface area contributed by atoms with Crippen molar-refractivity contribution in [2.24, 2.45) is 0 Å². The summed E-state index contributed by atoms with van der Waals surface area (Å²) in [7, 11) is 1.65. The molecule has 138 valence electrons. The molecular formula is C20H18N2O4S. The van der Waals surface area contributed by atoms with Crippen molar-refractivity contribution in [3.8, 4) is 34.3 Å². The van der Waals surface area contributed by atoms with Crippen LogP contribution in [-0.4, -0.2) is 18.3 Å². The normalized spacial score (nSPS) is 19.6. The molecule has 3 heterocycles. The first-order valence-electron chi connectivity index (χ1n) is 8.64. The highest BCUT2D eigenvalue weighted by molar-refractivity contribution is 7.10. The van der Waals surface area contributed by atoms with E-state index in [1.165, 1.54) is 11.5 Å². The van der Waals surface area contributed by atoms with Crippen LogP contribution in [0.2, 0.25) is 0 Å². The van der Waals surface area contributed by atoms with Crippen molar-refractivity contribution >= 4 is 16.5 Å². The molecule has 2 aromatic carbocycles. The zero-order chi connectivity index (χ0) is 18.5. The Morgan fingerprint density at radius 3 is 2.78 bits per heavy atom. The minimum absolute atomic E-state index is 0.126. The summed E-state index contributed by atoms with van der Waals surface area (Å²) in [5, 5.41) is 0.687. The van der Waals surface area contributed by atoms with Gasteiger partial charge in [0.15, 0.2) is 23.0 Å². The van der Waals surface area contributed by atoms with Gasteiger partial charge in [0, 0.05) is 23.1 Å². The molecule has 0 aliphatic carbocycles. The van der Waals surface area contributed by atoms with Crippen molar-refractivity contribution < 1.29 is 18.9 Å². The molecule has 0 unspecified atom stereocenters. The van der Waals surface area contributed by atoms with Gasteiger partial charge in [0.1, 0.15) is 11.1 Å². The first-order chi connectivity index (χ1) is 13.1. The number of aromatic nitrogens is 1. The van der Waals surface area contributed by atoms with Crippen molar-refractivity contribution in [3.63, 3.8) is 0 Å². The van der Waals surface area contributed by atoms with E-state index in [0.29, 0.717) is 10.8 Å². The van der Waals surface area contributed by atoms with Gasteiger partial charge in [-0.1, -0.05) is 13.0 Å². The van der Waals surface area contributed by atoms with E-state index in [4.69, 9.17) is 24.7 Å². The van der Waals surface area contributed by atoms with Crippen molar-refractivity contribution in [2.45, 2.75) is 18.9 Å². The number of rotatable bonds is 3. The first kappa shape index (κ1) is 16.3. The van der Waals surface area contributed by atoms with Gasteiger partial charge in [-0.2, -0.15) is 4.37 Å². The van der Waals surface area contributed by atoms with Gasteiger partial charge in [-0.25, -0.2) is 0 Å². The van der Waals surface area contributed by atoms with Crippen LogP contribution < -0.4 is 24.7 Å². The van der Waals surface area contributed by atoms with Crippen LogP contribution in [0.25, 0.3) is 11.3 Å². The zero-order valence-electron chi connectivity index (χ0n) is 14.9. The van der Waals surface area contributed by atoms with Crippen molar-refractivity contribution in [2.75, 3.05) is 19.6 Å². The maximum atomic E-state index is 6.32. The molecule has 0 spiro atoms. The molecule has 7 heteroatoms. The number of benzene rings is 2. The van der Waals surface area contributed by atoms with Crippen LogP contribution in [0.15, 0.2) is 36.4 Å². The fourth-order valence-electron chi connectivity index (χ4n) is 3.65. The van der Waals surface area contributed by atoms with Crippen LogP contribution in [0.3, 0.4) is 0 Å². The van der Waals surface area contributed by atoms with Gasteiger partial charge in [-0.15, -0.1) is 0 Å². The second-order valence-corrected chi connectivity index (χ2v) is 7.49. The number of methoxy groups -OCH3 is 1. The number of nitrogen functional groups attached to an aromatic ring is 1. The van der Waals surface area contributed by atoms with E-state index in [9.17, 15) is 0 Å². The smallest absolute Gasteiger partial charge is 0.231 e. The third-order valence-corrected chi connectivity index (χ3v) is 5.66. The van der Waals surface area contributed by atoms with Crippen LogP contribution in [0.1, 0.15) is 30.1 Å². The highest BCUT2D eigenvalue weighted by atomic mass is 32.1. The van der Waals surface area contributed by atoms with Crippen molar-refractivity contribution in [1.29, 1.82) is 0 Å². The van der Waals surface area contributed by atoms with Crippen LogP contribution in [0.4, 0.5) is 5.00 Å². The predicted octanol–water partition coefficient (Wildman–Crippen LogP) is 4.37. The number of fused-ring (bicyclic) bond motifs is 2. The molecule has 2 aliphatic rings. The van der Waals surface area contributed by atoms with E-state index in [2.05, 4.69) is 17.4 Å². The average Bonchev–Trinajstić information content (AvgIpc) is 3.39. The second-order valence-electron chi connectivity index (χ2n) is 6.65. The number of nitrogens with two attached hydrogens (primary N) is 1. The molecule has 0 fully saturated rings. The van der Waals surface area contributed by atoms with Gasteiger partial charge in [0.05, 0.1) is 12.8 Å². The molecule has 3 aromatic rings. The number of hydrogen-bond acceptors (Lipinski definition) is 7. The summed E-state index contributed by atoms with van der Waals surface area (Å²) in [6, 6.07) is 11.9. The second kappa shape index (κ2) is 6.06. The molecule has 0 bridgehead atoms. The molecule has 0 amide bonds. The molecule has 0 radical (unpaired) electrons. The number of anilines is 1. The molecule has 2 aliphatic heterocycles. The summed E-state index contributed by atoms with van der Waals surface area (Å²) < 4.78 is 27.3. The van der Waals surface area contributed by atoms with E-state index in [1.54, 1.807) is 7.11 Å². The molecule has 1 aromatic heterocycles. The zero-order valence-corrected chi connectivity index (χ0v) is 15.7. The van der Waals surface area contributed by atoms with Gasteiger partial charge in [0.2, 0.25) is 6.79 Å². The lowest BCUT2D eigenvalue weighted by molar-refractivity contribution is 0.173. The monoisotopic (exact) mass is 382 g/mol. The fraction of sp³-hybridized carbons (Fsp3) is 0.250. The van der Waals surface area contributed by atoms with Crippen LogP contribution >= 0.6 is 11.5 Å². The molecule has 2 N–H and O–H groups in total. The highest BCUT2D eigenvalue weighted by Gasteiger charge is 2.36. The van der Waals surface area contributed by atoms with E-state index >= 15 is 0 Å². The Bertz CT molecular complexity index is 1030. The minimum atomic E-state index is -0.126. The summed E-state index contributed by atoms with van der Waals surface area (Å²) in [6.45, 7) is 2.41. The minimum Gasteiger partial charge on any atom is -0.493 e. The van der Waals surface area contributed by atoms with E-state index in [1.807, 2.05) is 30.3 Å². The molecule has 0 saturated heterocycles. The maximum absolute atomic E-state index is 6.32. The van der Waals surface area contributed by atoms with Gasteiger partial charge in [-0.05, 0) is 41.4 Å². The maximum Gasteiger partial charge on any atom is 0.231 e. The summed E-state index contributed by atoms with van der Waals surface area (Å²) in [4.78, 5) is 0. The average molecular weight is 382 g/mol. The van der Waals surface area contributed by atoms with Crippen LogP contribution in [-0.2, 0) is 0 Å². The van der Waals surface area contributed by atoms with Crippen molar-refractivity contribution in [1.82, 2.24) is 4.37 Å². The standard InChI is InChI=1S/C20H18N2O4S/c1-10-13-5-12(14-8-18(21)27-22-14)7-17(23-2)20(13)26-19(10)11-3-4-15-16(6-11)25-9-24-15/h3-8,10,19H,9,21H2,1-2H3/t10-,19-/m1/s1. The van der Waals surface area contributed by atoms with E-state index < -0.39 is 0 Å². The quantitative estimate of drug-likeness (QED) is 0.725. The lowest BCUT2D eigenvalue weighted by Gasteiger charge is -2.16. The number of hydrogen-bond donors (Lipinski definition) is 1. The summed E-state index contributed by atoms with van der Waals surface area (Å²) in [6.07, 6.45) is -0.126. The van der Waals surface area contributed by atoms with Gasteiger partial charge in [0.25, 0.3) is 0 Å². The summed E-state index contributed by atoms with van der Waals surface area (Å²) in [5.41, 5.74) is 9.81. The Morgan fingerprint density at radius 1 is 1.15 bits per heavy atom. The van der Waals surface area contributed by atoms with Crippen molar-refractivity contribution in [3.05, 3.63) is 47.5 Å². The molecule has 2 atom stereocenters. The third kappa shape index (κ3) is 2.57. The number of nitrogens with zero attached hydrogens (tertiary/aromatic N) is 1. The Balaban J connectivity index is 1.55. The Kier molecular flexibility index (Phi) is 3.65. The Labute approximate surface area is 160 Å². The summed E-state index contributed by atoms with van der Waals surface area (Å²) >= 11 is 1.29. The highest BCUT2D eigenvalue weighted by Crippen LogP contribution is 2.52. The van der Waals surface area contributed by atoms with E-state index in [-0.39, 0.29) is 18.8 Å². The van der Waals surface area contributed by atoms with Crippen LogP contribution in [0, 0.1) is 0 Å². The third-order valence-electron chi connectivity index (χ3n) is 5.04. The molecule has 6 nitrogen and oxygen atoms in total. The lowest BCUT2D eigenvalue weighted by Crippen LogP contribution is -2.07.